The fraction of sp³-hybridized carbons (Fsp3) is 1.00. The van der Waals surface area contributed by atoms with Gasteiger partial charge >= 0.3 is 0 Å². The molecule has 1 heterocycles. The van der Waals surface area contributed by atoms with Crippen LogP contribution in [0.4, 0.5) is 0 Å². The number of rotatable bonds is 4. The minimum atomic E-state index is 0.248. The maximum atomic E-state index is 3.65. The molecule has 0 aromatic heterocycles. The zero-order valence-corrected chi connectivity index (χ0v) is 12.8. The lowest BCUT2D eigenvalue weighted by molar-refractivity contribution is 0.201. The summed E-state index contributed by atoms with van der Waals surface area (Å²) in [5.74, 6) is 0. The van der Waals surface area contributed by atoms with Crippen molar-refractivity contribution in [2.24, 2.45) is 5.41 Å². The van der Waals surface area contributed by atoms with Crippen LogP contribution < -0.4 is 5.32 Å². The lowest BCUT2D eigenvalue weighted by Crippen LogP contribution is -2.45. The Morgan fingerprint density at radius 2 is 1.76 bits per heavy atom. The highest BCUT2D eigenvalue weighted by atomic mass is 15.2. The molecule has 1 atom stereocenters. The summed E-state index contributed by atoms with van der Waals surface area (Å²) >= 11 is 0. The lowest BCUT2D eigenvalue weighted by Gasteiger charge is -2.31. The summed E-state index contributed by atoms with van der Waals surface area (Å²) in [5, 5.41) is 3.65. The second-order valence-electron chi connectivity index (χ2n) is 7.77. The Morgan fingerprint density at radius 1 is 1.12 bits per heavy atom. The third kappa shape index (κ3) is 6.42. The molecule has 0 aliphatic carbocycles. The molecular weight excluding hydrogens is 208 g/mol. The van der Waals surface area contributed by atoms with Crippen LogP contribution in [-0.4, -0.2) is 36.1 Å². The van der Waals surface area contributed by atoms with Crippen LogP contribution in [0.15, 0.2) is 0 Å². The van der Waals surface area contributed by atoms with Crippen LogP contribution in [0.2, 0.25) is 0 Å². The van der Waals surface area contributed by atoms with Crippen molar-refractivity contribution < 1.29 is 0 Å². The van der Waals surface area contributed by atoms with Gasteiger partial charge in [-0.15, -0.1) is 0 Å². The van der Waals surface area contributed by atoms with E-state index in [1.807, 2.05) is 0 Å². The van der Waals surface area contributed by atoms with Gasteiger partial charge in [-0.2, -0.15) is 0 Å². The van der Waals surface area contributed by atoms with E-state index in [-0.39, 0.29) is 5.54 Å². The molecule has 17 heavy (non-hydrogen) atoms. The second kappa shape index (κ2) is 5.71. The Hall–Kier alpha value is -0.0800. The van der Waals surface area contributed by atoms with Crippen molar-refractivity contribution in [2.45, 2.75) is 72.4 Å². The van der Waals surface area contributed by atoms with Crippen molar-refractivity contribution in [1.82, 2.24) is 10.2 Å². The molecule has 0 saturated carbocycles. The van der Waals surface area contributed by atoms with Crippen LogP contribution in [0.5, 0.6) is 0 Å². The van der Waals surface area contributed by atoms with Gasteiger partial charge in [-0.05, 0) is 58.5 Å². The highest BCUT2D eigenvalue weighted by molar-refractivity contribution is 4.84. The molecule has 0 amide bonds. The first-order chi connectivity index (χ1) is 7.67. The van der Waals surface area contributed by atoms with E-state index in [2.05, 4.69) is 51.8 Å². The molecule has 1 unspecified atom stereocenters. The van der Waals surface area contributed by atoms with E-state index in [4.69, 9.17) is 0 Å². The lowest BCUT2D eigenvalue weighted by atomic mass is 9.92. The van der Waals surface area contributed by atoms with E-state index in [1.54, 1.807) is 0 Å². The van der Waals surface area contributed by atoms with Gasteiger partial charge in [0.05, 0.1) is 0 Å². The Bertz CT molecular complexity index is 198. The van der Waals surface area contributed by atoms with Crippen LogP contribution in [0, 0.1) is 5.41 Å². The highest BCUT2D eigenvalue weighted by Crippen LogP contribution is 2.23. The largest absolute Gasteiger partial charge is 0.311 e. The van der Waals surface area contributed by atoms with Crippen molar-refractivity contribution in [1.29, 1.82) is 0 Å². The van der Waals surface area contributed by atoms with Gasteiger partial charge < -0.3 is 5.32 Å². The number of nitrogens with zero attached hydrogens (tertiary/aromatic N) is 1. The summed E-state index contributed by atoms with van der Waals surface area (Å²) in [4.78, 5) is 2.68. The van der Waals surface area contributed by atoms with Gasteiger partial charge in [-0.3, -0.25) is 4.90 Å². The van der Waals surface area contributed by atoms with E-state index in [0.717, 1.165) is 12.6 Å². The fourth-order valence-corrected chi connectivity index (χ4v) is 2.32. The van der Waals surface area contributed by atoms with Gasteiger partial charge in [0, 0.05) is 18.1 Å². The smallest absolute Gasteiger partial charge is 0.0221 e. The predicted molar refractivity (Wildman–Crippen MR) is 76.4 cm³/mol. The SMILES string of the molecule is CC(C)(C)CCN1CCCC1CNC(C)(C)C. The van der Waals surface area contributed by atoms with E-state index in [1.165, 1.54) is 32.4 Å². The Kier molecular flexibility index (Phi) is 5.03. The molecule has 1 N–H and O–H groups in total. The van der Waals surface area contributed by atoms with Gasteiger partial charge in [0.1, 0.15) is 0 Å². The van der Waals surface area contributed by atoms with Gasteiger partial charge in [0.25, 0.3) is 0 Å². The van der Waals surface area contributed by atoms with E-state index < -0.39 is 0 Å². The van der Waals surface area contributed by atoms with Crippen LogP contribution in [0.1, 0.15) is 60.8 Å². The molecule has 0 bridgehead atoms. The first-order valence-corrected chi connectivity index (χ1v) is 7.16. The molecule has 102 valence electrons. The molecule has 2 nitrogen and oxygen atoms in total. The zero-order chi connectivity index (χ0) is 13.1. The molecule has 0 spiro atoms. The predicted octanol–water partition coefficient (Wildman–Crippen LogP) is 3.28. The summed E-state index contributed by atoms with van der Waals surface area (Å²) in [7, 11) is 0. The van der Waals surface area contributed by atoms with Crippen molar-refractivity contribution >= 4 is 0 Å². The molecule has 2 heteroatoms. The quantitative estimate of drug-likeness (QED) is 0.811. The van der Waals surface area contributed by atoms with Crippen molar-refractivity contribution in [2.75, 3.05) is 19.6 Å². The third-order valence-electron chi connectivity index (χ3n) is 3.52. The summed E-state index contributed by atoms with van der Waals surface area (Å²) in [6.45, 7) is 17.5. The zero-order valence-electron chi connectivity index (χ0n) is 12.8. The summed E-state index contributed by atoms with van der Waals surface area (Å²) in [5.41, 5.74) is 0.711. The Labute approximate surface area is 108 Å². The topological polar surface area (TPSA) is 15.3 Å². The van der Waals surface area contributed by atoms with Gasteiger partial charge in [-0.1, -0.05) is 20.8 Å². The molecule has 0 radical (unpaired) electrons. The summed E-state index contributed by atoms with van der Waals surface area (Å²) in [6.07, 6.45) is 4.05. The van der Waals surface area contributed by atoms with Crippen molar-refractivity contribution in [3.8, 4) is 0 Å². The van der Waals surface area contributed by atoms with Crippen LogP contribution in [0.25, 0.3) is 0 Å². The second-order valence-corrected chi connectivity index (χ2v) is 7.77. The molecule has 1 aliphatic rings. The Balaban J connectivity index is 2.34. The average Bonchev–Trinajstić information content (AvgIpc) is 2.56. The average molecular weight is 240 g/mol. The first-order valence-electron chi connectivity index (χ1n) is 7.16. The number of hydrogen-bond acceptors (Lipinski definition) is 2. The van der Waals surface area contributed by atoms with Gasteiger partial charge in [0.15, 0.2) is 0 Å². The summed E-state index contributed by atoms with van der Waals surface area (Å²) < 4.78 is 0. The molecular formula is C15H32N2. The van der Waals surface area contributed by atoms with Crippen LogP contribution in [0.3, 0.4) is 0 Å². The van der Waals surface area contributed by atoms with Crippen LogP contribution in [-0.2, 0) is 0 Å². The Morgan fingerprint density at radius 3 is 2.29 bits per heavy atom. The number of hydrogen-bond donors (Lipinski definition) is 1. The maximum Gasteiger partial charge on any atom is 0.0221 e. The first kappa shape index (κ1) is 15.0. The highest BCUT2D eigenvalue weighted by Gasteiger charge is 2.26. The van der Waals surface area contributed by atoms with E-state index in [9.17, 15) is 0 Å². The molecule has 0 aromatic carbocycles. The molecule has 1 saturated heterocycles. The minimum Gasteiger partial charge on any atom is -0.311 e. The molecule has 1 fully saturated rings. The molecule has 1 rings (SSSR count). The molecule has 0 aromatic rings. The maximum absolute atomic E-state index is 3.65. The van der Waals surface area contributed by atoms with Gasteiger partial charge in [-0.25, -0.2) is 0 Å². The fourth-order valence-electron chi connectivity index (χ4n) is 2.32. The standard InChI is InChI=1S/C15H32N2/c1-14(2,3)9-11-17-10-7-8-13(17)12-16-15(4,5)6/h13,16H,7-12H2,1-6H3. The monoisotopic (exact) mass is 240 g/mol. The van der Waals surface area contributed by atoms with Gasteiger partial charge in [0.2, 0.25) is 0 Å². The van der Waals surface area contributed by atoms with E-state index >= 15 is 0 Å². The van der Waals surface area contributed by atoms with Crippen molar-refractivity contribution in [3.05, 3.63) is 0 Å². The molecule has 1 aliphatic heterocycles. The minimum absolute atomic E-state index is 0.248. The van der Waals surface area contributed by atoms with Crippen molar-refractivity contribution in [3.63, 3.8) is 0 Å². The number of likely N-dealkylation sites (tertiary alicyclic amines) is 1. The normalized spacial score (nSPS) is 23.3. The van der Waals surface area contributed by atoms with Crippen LogP contribution >= 0.6 is 0 Å². The number of nitrogens with one attached hydrogen (secondary N) is 1. The van der Waals surface area contributed by atoms with E-state index in [0.29, 0.717) is 5.41 Å². The summed E-state index contributed by atoms with van der Waals surface area (Å²) in [6, 6.07) is 0.761. The third-order valence-corrected chi connectivity index (χ3v) is 3.52.